The Hall–Kier alpha value is -1.82. The number of nitro groups is 1. The van der Waals surface area contributed by atoms with Crippen molar-refractivity contribution in [2.24, 2.45) is 5.92 Å². The Morgan fingerprint density at radius 1 is 1.59 bits per heavy atom. The standard InChI is InChI=1S/C11H14N2O4/c1-17-10-4-2-3-9(11(10)13(15)16)12-5-8(6-12)7-14/h2-4,8,14H,5-7H2,1H3. The second-order valence-electron chi connectivity index (χ2n) is 4.04. The van der Waals surface area contributed by atoms with E-state index in [0.717, 1.165) is 0 Å². The molecule has 1 heterocycles. The van der Waals surface area contributed by atoms with E-state index >= 15 is 0 Å². The lowest BCUT2D eigenvalue weighted by molar-refractivity contribution is -0.385. The average Bonchev–Trinajstić information content (AvgIpc) is 2.27. The van der Waals surface area contributed by atoms with Gasteiger partial charge in [0.2, 0.25) is 0 Å². The number of nitrogens with zero attached hydrogens (tertiary/aromatic N) is 2. The topological polar surface area (TPSA) is 75.8 Å². The molecule has 0 radical (unpaired) electrons. The molecule has 0 saturated carbocycles. The molecule has 0 atom stereocenters. The first-order valence-electron chi connectivity index (χ1n) is 5.34. The van der Waals surface area contributed by atoms with E-state index in [-0.39, 0.29) is 24.0 Å². The molecule has 1 N–H and O–H groups in total. The summed E-state index contributed by atoms with van der Waals surface area (Å²) in [5, 5.41) is 20.0. The number of hydrogen-bond acceptors (Lipinski definition) is 5. The van der Waals surface area contributed by atoms with Gasteiger partial charge in [0.25, 0.3) is 0 Å². The first kappa shape index (κ1) is 11.7. The molecule has 6 heteroatoms. The molecule has 0 aliphatic carbocycles. The summed E-state index contributed by atoms with van der Waals surface area (Å²) in [5.74, 6) is 0.473. The molecular weight excluding hydrogens is 224 g/mol. The molecule has 1 aliphatic rings. The minimum atomic E-state index is -0.430. The zero-order chi connectivity index (χ0) is 12.4. The van der Waals surface area contributed by atoms with Crippen LogP contribution < -0.4 is 9.64 Å². The quantitative estimate of drug-likeness (QED) is 0.626. The monoisotopic (exact) mass is 238 g/mol. The van der Waals surface area contributed by atoms with Crippen LogP contribution in [-0.2, 0) is 0 Å². The summed E-state index contributed by atoms with van der Waals surface area (Å²) in [6, 6.07) is 5.01. The van der Waals surface area contributed by atoms with Gasteiger partial charge in [-0.1, -0.05) is 6.07 Å². The number of methoxy groups -OCH3 is 1. The fourth-order valence-electron chi connectivity index (χ4n) is 2.00. The lowest BCUT2D eigenvalue weighted by Crippen LogP contribution is -2.48. The molecule has 1 fully saturated rings. The van der Waals surface area contributed by atoms with Crippen molar-refractivity contribution in [3.63, 3.8) is 0 Å². The van der Waals surface area contributed by atoms with Gasteiger partial charge in [0.05, 0.1) is 12.0 Å². The van der Waals surface area contributed by atoms with Gasteiger partial charge < -0.3 is 14.7 Å². The van der Waals surface area contributed by atoms with E-state index in [9.17, 15) is 10.1 Å². The molecule has 0 spiro atoms. The third kappa shape index (κ3) is 2.03. The first-order valence-corrected chi connectivity index (χ1v) is 5.34. The summed E-state index contributed by atoms with van der Waals surface area (Å²) in [4.78, 5) is 12.5. The number of benzene rings is 1. The molecule has 1 aromatic rings. The molecule has 1 aliphatic heterocycles. The molecule has 2 rings (SSSR count). The van der Waals surface area contributed by atoms with Crippen LogP contribution in [0.1, 0.15) is 0 Å². The normalized spacial score (nSPS) is 15.5. The molecule has 0 unspecified atom stereocenters. The minimum Gasteiger partial charge on any atom is -0.490 e. The van der Waals surface area contributed by atoms with Crippen LogP contribution in [-0.4, -0.2) is 36.8 Å². The van der Waals surface area contributed by atoms with Gasteiger partial charge in [-0.2, -0.15) is 0 Å². The zero-order valence-electron chi connectivity index (χ0n) is 9.50. The Morgan fingerprint density at radius 2 is 2.29 bits per heavy atom. The number of aliphatic hydroxyl groups excluding tert-OH is 1. The maximum atomic E-state index is 11.0. The molecule has 0 aromatic heterocycles. The van der Waals surface area contributed by atoms with Gasteiger partial charge in [0.1, 0.15) is 5.69 Å². The fraction of sp³-hybridized carbons (Fsp3) is 0.455. The predicted octanol–water partition coefficient (Wildman–Crippen LogP) is 1.03. The van der Waals surface area contributed by atoms with Gasteiger partial charge in [-0.15, -0.1) is 0 Å². The summed E-state index contributed by atoms with van der Waals surface area (Å²) in [7, 11) is 1.42. The van der Waals surface area contributed by atoms with Gasteiger partial charge in [-0.3, -0.25) is 10.1 Å². The minimum absolute atomic E-state index is 0.00797. The summed E-state index contributed by atoms with van der Waals surface area (Å²) >= 11 is 0. The van der Waals surface area contributed by atoms with E-state index in [1.807, 2.05) is 4.90 Å². The molecule has 1 saturated heterocycles. The van der Waals surface area contributed by atoms with Gasteiger partial charge in [0, 0.05) is 25.6 Å². The summed E-state index contributed by atoms with van der Waals surface area (Å²) in [5.41, 5.74) is 0.547. The Kier molecular flexibility index (Phi) is 3.14. The van der Waals surface area contributed by atoms with E-state index in [1.54, 1.807) is 18.2 Å². The predicted molar refractivity (Wildman–Crippen MR) is 62.4 cm³/mol. The fourth-order valence-corrected chi connectivity index (χ4v) is 2.00. The van der Waals surface area contributed by atoms with Crippen molar-refractivity contribution in [2.75, 3.05) is 31.7 Å². The molecular formula is C11H14N2O4. The highest BCUT2D eigenvalue weighted by Gasteiger charge is 2.32. The van der Waals surface area contributed by atoms with Crippen molar-refractivity contribution in [3.8, 4) is 5.75 Å². The highest BCUT2D eigenvalue weighted by molar-refractivity contribution is 5.70. The highest BCUT2D eigenvalue weighted by Crippen LogP contribution is 2.39. The number of rotatable bonds is 4. The van der Waals surface area contributed by atoms with Gasteiger partial charge >= 0.3 is 5.69 Å². The summed E-state index contributed by atoms with van der Waals surface area (Å²) < 4.78 is 5.00. The smallest absolute Gasteiger partial charge is 0.333 e. The van der Waals surface area contributed by atoms with E-state index in [0.29, 0.717) is 18.8 Å². The van der Waals surface area contributed by atoms with Crippen LogP contribution in [0.4, 0.5) is 11.4 Å². The Bertz CT molecular complexity index is 429. The van der Waals surface area contributed by atoms with Crippen LogP contribution >= 0.6 is 0 Å². The van der Waals surface area contributed by atoms with Crippen LogP contribution in [0.15, 0.2) is 18.2 Å². The van der Waals surface area contributed by atoms with Gasteiger partial charge in [-0.25, -0.2) is 0 Å². The van der Waals surface area contributed by atoms with Crippen molar-refractivity contribution in [1.29, 1.82) is 0 Å². The lowest BCUT2D eigenvalue weighted by atomic mass is 10.00. The molecule has 0 bridgehead atoms. The van der Waals surface area contributed by atoms with Crippen LogP contribution in [0.5, 0.6) is 5.75 Å². The average molecular weight is 238 g/mol. The second kappa shape index (κ2) is 4.58. The Balaban J connectivity index is 2.31. The van der Waals surface area contributed by atoms with Crippen LogP contribution in [0.25, 0.3) is 0 Å². The van der Waals surface area contributed by atoms with Crippen LogP contribution in [0.2, 0.25) is 0 Å². The van der Waals surface area contributed by atoms with E-state index in [2.05, 4.69) is 0 Å². The second-order valence-corrected chi connectivity index (χ2v) is 4.04. The maximum Gasteiger partial charge on any atom is 0.333 e. The SMILES string of the molecule is COc1cccc(N2CC(CO)C2)c1[N+](=O)[O-]. The molecule has 92 valence electrons. The van der Waals surface area contributed by atoms with Crippen LogP contribution in [0.3, 0.4) is 0 Å². The molecule has 0 amide bonds. The highest BCUT2D eigenvalue weighted by atomic mass is 16.6. The molecule has 6 nitrogen and oxygen atoms in total. The van der Waals surface area contributed by atoms with Crippen molar-refractivity contribution >= 4 is 11.4 Å². The number of ether oxygens (including phenoxy) is 1. The van der Waals surface area contributed by atoms with E-state index in [1.165, 1.54) is 7.11 Å². The number of para-hydroxylation sites is 1. The van der Waals surface area contributed by atoms with Crippen molar-refractivity contribution in [2.45, 2.75) is 0 Å². The maximum absolute atomic E-state index is 11.0. The largest absolute Gasteiger partial charge is 0.490 e. The number of hydrogen-bond donors (Lipinski definition) is 1. The molecule has 17 heavy (non-hydrogen) atoms. The zero-order valence-corrected chi connectivity index (χ0v) is 9.50. The Labute approximate surface area is 98.6 Å². The molecule has 1 aromatic carbocycles. The van der Waals surface area contributed by atoms with Crippen LogP contribution in [0, 0.1) is 16.0 Å². The van der Waals surface area contributed by atoms with E-state index < -0.39 is 4.92 Å². The van der Waals surface area contributed by atoms with E-state index in [4.69, 9.17) is 9.84 Å². The number of anilines is 1. The van der Waals surface area contributed by atoms with Gasteiger partial charge in [-0.05, 0) is 12.1 Å². The Morgan fingerprint density at radius 3 is 2.82 bits per heavy atom. The lowest BCUT2D eigenvalue weighted by Gasteiger charge is -2.39. The van der Waals surface area contributed by atoms with Gasteiger partial charge in [0.15, 0.2) is 5.75 Å². The summed E-state index contributed by atoms with van der Waals surface area (Å²) in [6.07, 6.45) is 0. The third-order valence-electron chi connectivity index (χ3n) is 2.94. The van der Waals surface area contributed by atoms with Crippen molar-refractivity contribution in [1.82, 2.24) is 0 Å². The summed E-state index contributed by atoms with van der Waals surface area (Å²) in [6.45, 7) is 1.41. The van der Waals surface area contributed by atoms with Crippen molar-refractivity contribution in [3.05, 3.63) is 28.3 Å². The van der Waals surface area contributed by atoms with Crippen molar-refractivity contribution < 1.29 is 14.8 Å². The third-order valence-corrected chi connectivity index (χ3v) is 2.94. The first-order chi connectivity index (χ1) is 8.17. The number of aliphatic hydroxyl groups is 1. The number of nitro benzene ring substituents is 1.